The Morgan fingerprint density at radius 2 is 1.70 bits per heavy atom. The van der Waals surface area contributed by atoms with Gasteiger partial charge < -0.3 is 0 Å². The van der Waals surface area contributed by atoms with Gasteiger partial charge in [0, 0.05) is 11.0 Å². The lowest BCUT2D eigenvalue weighted by Gasteiger charge is -2.11. The Morgan fingerprint density at radius 3 is 2.26 bits per heavy atom. The topological polar surface area (TPSA) is 46.2 Å². The zero-order valence-electron chi connectivity index (χ0n) is 12.0. The molecule has 1 N–H and O–H groups in total. The van der Waals surface area contributed by atoms with Gasteiger partial charge in [-0.25, -0.2) is 13.1 Å². The summed E-state index contributed by atoms with van der Waals surface area (Å²) in [4.78, 5) is -0.439. The van der Waals surface area contributed by atoms with E-state index < -0.39 is 26.7 Å². The molecule has 0 unspecified atom stereocenters. The highest BCUT2D eigenvalue weighted by molar-refractivity contribution is 9.10. The van der Waals surface area contributed by atoms with Crippen LogP contribution in [0.2, 0.25) is 0 Å². The monoisotopic (exact) mass is 407 g/mol. The Kier molecular flexibility index (Phi) is 5.17. The van der Waals surface area contributed by atoms with Gasteiger partial charge in [-0.1, -0.05) is 45.8 Å². The number of hydrogen-bond acceptors (Lipinski definition) is 2. The summed E-state index contributed by atoms with van der Waals surface area (Å²) in [6, 6.07) is 9.72. The quantitative estimate of drug-likeness (QED) is 0.822. The minimum absolute atomic E-state index is 0.00349. The molecule has 124 valence electrons. The summed E-state index contributed by atoms with van der Waals surface area (Å²) in [6.07, 6.45) is -4.62. The summed E-state index contributed by atoms with van der Waals surface area (Å²) >= 11 is 2.91. The average molecular weight is 408 g/mol. The SMILES string of the molecule is Cc1ccc(CNS(=O)(=O)c2cc(Br)cc(C(F)(F)F)c2)cc1. The Morgan fingerprint density at radius 1 is 1.09 bits per heavy atom. The van der Waals surface area contributed by atoms with E-state index in [9.17, 15) is 21.6 Å². The average Bonchev–Trinajstić information content (AvgIpc) is 2.45. The maximum absolute atomic E-state index is 12.8. The van der Waals surface area contributed by atoms with Gasteiger partial charge in [-0.05, 0) is 30.7 Å². The summed E-state index contributed by atoms with van der Waals surface area (Å²) in [5, 5.41) is 0. The minimum atomic E-state index is -4.62. The Hall–Kier alpha value is -1.38. The van der Waals surface area contributed by atoms with Gasteiger partial charge in [0.1, 0.15) is 0 Å². The van der Waals surface area contributed by atoms with E-state index in [1.165, 1.54) is 0 Å². The van der Waals surface area contributed by atoms with Gasteiger partial charge >= 0.3 is 6.18 Å². The molecular weight excluding hydrogens is 395 g/mol. The van der Waals surface area contributed by atoms with Crippen molar-refractivity contribution in [2.75, 3.05) is 0 Å². The molecule has 2 aromatic carbocycles. The number of alkyl halides is 3. The number of rotatable bonds is 4. The lowest BCUT2D eigenvalue weighted by Crippen LogP contribution is -2.23. The number of sulfonamides is 1. The van der Waals surface area contributed by atoms with Crippen molar-refractivity contribution in [1.29, 1.82) is 0 Å². The summed E-state index contributed by atoms with van der Waals surface area (Å²) in [5.74, 6) is 0. The van der Waals surface area contributed by atoms with E-state index in [0.29, 0.717) is 11.6 Å². The highest BCUT2D eigenvalue weighted by Crippen LogP contribution is 2.33. The fourth-order valence-electron chi connectivity index (χ4n) is 1.85. The molecule has 2 aromatic rings. The number of nitrogens with one attached hydrogen (secondary N) is 1. The molecule has 23 heavy (non-hydrogen) atoms. The lowest BCUT2D eigenvalue weighted by atomic mass is 10.2. The van der Waals surface area contributed by atoms with Crippen molar-refractivity contribution in [3.63, 3.8) is 0 Å². The van der Waals surface area contributed by atoms with Crippen LogP contribution in [-0.2, 0) is 22.7 Å². The van der Waals surface area contributed by atoms with E-state index in [0.717, 1.165) is 17.7 Å². The smallest absolute Gasteiger partial charge is 0.207 e. The van der Waals surface area contributed by atoms with Crippen LogP contribution in [0, 0.1) is 6.92 Å². The summed E-state index contributed by atoms with van der Waals surface area (Å²) in [6.45, 7) is 1.89. The van der Waals surface area contributed by atoms with Crippen molar-refractivity contribution in [2.45, 2.75) is 24.5 Å². The predicted octanol–water partition coefficient (Wildman–Crippen LogP) is 4.25. The van der Waals surface area contributed by atoms with Crippen LogP contribution in [0.15, 0.2) is 51.8 Å². The van der Waals surface area contributed by atoms with E-state index in [4.69, 9.17) is 0 Å². The molecule has 8 heteroatoms. The third-order valence-corrected chi connectivity index (χ3v) is 4.93. The van der Waals surface area contributed by atoms with Gasteiger partial charge in [-0.2, -0.15) is 13.2 Å². The van der Waals surface area contributed by atoms with Crippen LogP contribution in [0.25, 0.3) is 0 Å². The number of benzene rings is 2. The van der Waals surface area contributed by atoms with E-state index in [1.54, 1.807) is 12.1 Å². The summed E-state index contributed by atoms with van der Waals surface area (Å²) < 4.78 is 65.1. The molecule has 0 fully saturated rings. The second kappa shape index (κ2) is 6.62. The highest BCUT2D eigenvalue weighted by atomic mass is 79.9. The molecule has 2 rings (SSSR count). The zero-order valence-corrected chi connectivity index (χ0v) is 14.4. The van der Waals surface area contributed by atoms with Crippen LogP contribution in [0.1, 0.15) is 16.7 Å². The van der Waals surface area contributed by atoms with Crippen molar-refractivity contribution >= 4 is 26.0 Å². The molecular formula is C15H13BrF3NO2S. The van der Waals surface area contributed by atoms with Gasteiger partial charge in [0.2, 0.25) is 10.0 Å². The number of aryl methyl sites for hydroxylation is 1. The first-order valence-corrected chi connectivity index (χ1v) is 8.78. The molecule has 0 aliphatic carbocycles. The Balaban J connectivity index is 2.25. The molecule has 0 heterocycles. The molecule has 0 bridgehead atoms. The molecule has 0 spiro atoms. The van der Waals surface area contributed by atoms with Crippen LogP contribution in [0.4, 0.5) is 13.2 Å². The molecule has 0 amide bonds. The normalized spacial score (nSPS) is 12.4. The largest absolute Gasteiger partial charge is 0.416 e. The van der Waals surface area contributed by atoms with Crippen LogP contribution in [-0.4, -0.2) is 8.42 Å². The standard InChI is InChI=1S/C15H13BrF3NO2S/c1-10-2-4-11(5-3-10)9-20-23(21,22)14-7-12(15(17,18)19)6-13(16)8-14/h2-8,20H,9H2,1H3. The van der Waals surface area contributed by atoms with Crippen molar-refractivity contribution < 1.29 is 21.6 Å². The van der Waals surface area contributed by atoms with E-state index >= 15 is 0 Å². The van der Waals surface area contributed by atoms with Crippen LogP contribution < -0.4 is 4.72 Å². The molecule has 3 nitrogen and oxygen atoms in total. The van der Waals surface area contributed by atoms with Crippen LogP contribution >= 0.6 is 15.9 Å². The molecule has 0 atom stereocenters. The van der Waals surface area contributed by atoms with E-state index in [2.05, 4.69) is 20.7 Å². The minimum Gasteiger partial charge on any atom is -0.207 e. The maximum Gasteiger partial charge on any atom is 0.416 e. The molecule has 0 saturated carbocycles. The predicted molar refractivity (Wildman–Crippen MR) is 84.3 cm³/mol. The Labute approximate surface area is 140 Å². The van der Waals surface area contributed by atoms with Crippen molar-refractivity contribution in [3.8, 4) is 0 Å². The molecule has 0 aliphatic heterocycles. The van der Waals surface area contributed by atoms with Crippen molar-refractivity contribution in [2.24, 2.45) is 0 Å². The van der Waals surface area contributed by atoms with Gasteiger partial charge in [-0.15, -0.1) is 0 Å². The fraction of sp³-hybridized carbons (Fsp3) is 0.200. The molecule has 0 radical (unpaired) electrons. The third kappa shape index (κ3) is 4.79. The zero-order chi connectivity index (χ0) is 17.3. The van der Waals surface area contributed by atoms with Gasteiger partial charge in [-0.3, -0.25) is 0 Å². The van der Waals surface area contributed by atoms with Crippen LogP contribution in [0.5, 0.6) is 0 Å². The summed E-state index contributed by atoms with van der Waals surface area (Å²) in [5.41, 5.74) is 0.714. The second-order valence-corrected chi connectivity index (χ2v) is 7.67. The van der Waals surface area contributed by atoms with E-state index in [-0.39, 0.29) is 11.0 Å². The maximum atomic E-state index is 12.8. The first-order valence-electron chi connectivity index (χ1n) is 6.51. The molecule has 0 aromatic heterocycles. The van der Waals surface area contributed by atoms with Gasteiger partial charge in [0.05, 0.1) is 10.5 Å². The fourth-order valence-corrected chi connectivity index (χ4v) is 3.58. The van der Waals surface area contributed by atoms with Crippen molar-refractivity contribution in [1.82, 2.24) is 4.72 Å². The summed E-state index contributed by atoms with van der Waals surface area (Å²) in [7, 11) is -4.05. The highest BCUT2D eigenvalue weighted by Gasteiger charge is 2.32. The Bertz CT molecular complexity index is 802. The second-order valence-electron chi connectivity index (χ2n) is 4.98. The molecule has 0 saturated heterocycles. The first kappa shape index (κ1) is 18.0. The van der Waals surface area contributed by atoms with Crippen molar-refractivity contribution in [3.05, 3.63) is 63.6 Å². The molecule has 0 aliphatic rings. The van der Waals surface area contributed by atoms with Gasteiger partial charge in [0.15, 0.2) is 0 Å². The first-order chi connectivity index (χ1) is 10.6. The third-order valence-electron chi connectivity index (χ3n) is 3.10. The van der Waals surface area contributed by atoms with Gasteiger partial charge in [0.25, 0.3) is 0 Å². The van der Waals surface area contributed by atoms with E-state index in [1.807, 2.05) is 19.1 Å². The lowest BCUT2D eigenvalue weighted by molar-refractivity contribution is -0.137. The van der Waals surface area contributed by atoms with Crippen LogP contribution in [0.3, 0.4) is 0 Å². The number of hydrogen-bond donors (Lipinski definition) is 1. The number of halogens is 4.